The Morgan fingerprint density at radius 2 is 1.63 bits per heavy atom. The molecule has 0 amide bonds. The van der Waals surface area contributed by atoms with Gasteiger partial charge in [-0.05, 0) is 11.6 Å². The Hall–Kier alpha value is -2.62. The second kappa shape index (κ2) is 6.35. The molecule has 3 heteroatoms. The number of hydrogen-bond acceptors (Lipinski definition) is 3. The van der Waals surface area contributed by atoms with Crippen molar-refractivity contribution in [2.45, 2.75) is 12.6 Å². The van der Waals surface area contributed by atoms with Crippen molar-refractivity contribution in [1.82, 2.24) is 5.32 Å². The van der Waals surface area contributed by atoms with Gasteiger partial charge in [0.1, 0.15) is 6.04 Å². The third kappa shape index (κ3) is 3.19. The van der Waals surface area contributed by atoms with Gasteiger partial charge in [-0.1, -0.05) is 48.5 Å². The molecule has 0 saturated heterocycles. The summed E-state index contributed by atoms with van der Waals surface area (Å²) >= 11 is 0. The second-order valence-electron chi connectivity index (χ2n) is 4.13. The van der Waals surface area contributed by atoms with Gasteiger partial charge in [0.15, 0.2) is 0 Å². The normalized spacial score (nSPS) is 11.3. The Balaban J connectivity index is 2.14. The molecule has 0 radical (unpaired) electrons. The lowest BCUT2D eigenvalue weighted by atomic mass is 10.0. The van der Waals surface area contributed by atoms with Crippen LogP contribution in [0.15, 0.2) is 54.6 Å². The molecule has 0 aliphatic carbocycles. The van der Waals surface area contributed by atoms with Crippen molar-refractivity contribution in [3.63, 3.8) is 0 Å². The fourth-order valence-electron chi connectivity index (χ4n) is 1.89. The van der Waals surface area contributed by atoms with Crippen molar-refractivity contribution in [2.24, 2.45) is 0 Å². The molecule has 0 heterocycles. The van der Waals surface area contributed by atoms with Crippen LogP contribution < -0.4 is 5.32 Å². The van der Waals surface area contributed by atoms with Gasteiger partial charge in [0.05, 0.1) is 17.7 Å². The molecule has 3 nitrogen and oxygen atoms in total. The van der Waals surface area contributed by atoms with Crippen molar-refractivity contribution < 1.29 is 0 Å². The smallest absolute Gasteiger partial charge is 0.122 e. The highest BCUT2D eigenvalue weighted by Crippen LogP contribution is 2.17. The third-order valence-electron chi connectivity index (χ3n) is 2.87. The van der Waals surface area contributed by atoms with E-state index in [1.165, 1.54) is 0 Å². The predicted molar refractivity (Wildman–Crippen MR) is 72.8 cm³/mol. The van der Waals surface area contributed by atoms with Crippen molar-refractivity contribution in [3.05, 3.63) is 71.3 Å². The molecular weight excluding hydrogens is 234 g/mol. The van der Waals surface area contributed by atoms with E-state index in [4.69, 9.17) is 5.26 Å². The van der Waals surface area contributed by atoms with E-state index in [0.29, 0.717) is 12.1 Å². The maximum absolute atomic E-state index is 9.26. The summed E-state index contributed by atoms with van der Waals surface area (Å²) < 4.78 is 0. The number of nitrogens with one attached hydrogen (secondary N) is 1. The molecule has 19 heavy (non-hydrogen) atoms. The summed E-state index contributed by atoms with van der Waals surface area (Å²) in [6, 6.07) is 20.9. The minimum atomic E-state index is -0.476. The standard InChI is InChI=1S/C16H13N3/c17-10-14-8-4-5-9-15(14)16(11-18)19-12-13-6-2-1-3-7-13/h1-9,16,19H,12H2. The van der Waals surface area contributed by atoms with Gasteiger partial charge >= 0.3 is 0 Å². The number of rotatable bonds is 4. The van der Waals surface area contributed by atoms with Gasteiger partial charge in [0.25, 0.3) is 0 Å². The Labute approximate surface area is 112 Å². The van der Waals surface area contributed by atoms with E-state index in [1.54, 1.807) is 12.1 Å². The zero-order valence-corrected chi connectivity index (χ0v) is 10.4. The van der Waals surface area contributed by atoms with E-state index >= 15 is 0 Å². The fourth-order valence-corrected chi connectivity index (χ4v) is 1.89. The van der Waals surface area contributed by atoms with E-state index in [1.807, 2.05) is 42.5 Å². The van der Waals surface area contributed by atoms with Gasteiger partial charge in [0, 0.05) is 12.1 Å². The Kier molecular flexibility index (Phi) is 4.29. The summed E-state index contributed by atoms with van der Waals surface area (Å²) in [5.74, 6) is 0. The molecular formula is C16H13N3. The summed E-state index contributed by atoms with van der Waals surface area (Å²) in [4.78, 5) is 0. The molecule has 0 saturated carbocycles. The summed E-state index contributed by atoms with van der Waals surface area (Å²) in [5.41, 5.74) is 2.37. The average Bonchev–Trinajstić information content (AvgIpc) is 2.49. The van der Waals surface area contributed by atoms with Gasteiger partial charge in [-0.2, -0.15) is 10.5 Å². The molecule has 0 bridgehead atoms. The molecule has 0 aromatic heterocycles. The van der Waals surface area contributed by atoms with E-state index in [0.717, 1.165) is 11.1 Å². The first kappa shape index (κ1) is 12.8. The predicted octanol–water partition coefficient (Wildman–Crippen LogP) is 2.91. The van der Waals surface area contributed by atoms with Gasteiger partial charge in [-0.25, -0.2) is 0 Å². The third-order valence-corrected chi connectivity index (χ3v) is 2.87. The highest BCUT2D eigenvalue weighted by Gasteiger charge is 2.13. The summed E-state index contributed by atoms with van der Waals surface area (Å²) in [6.45, 7) is 0.596. The Bertz CT molecular complexity index is 620. The molecule has 2 rings (SSSR count). The van der Waals surface area contributed by atoms with Crippen LogP contribution in [0.1, 0.15) is 22.7 Å². The molecule has 2 aromatic rings. The Morgan fingerprint density at radius 1 is 0.947 bits per heavy atom. The van der Waals surface area contributed by atoms with E-state index in [2.05, 4.69) is 17.5 Å². The maximum Gasteiger partial charge on any atom is 0.122 e. The first-order valence-corrected chi connectivity index (χ1v) is 6.01. The lowest BCUT2D eigenvalue weighted by Gasteiger charge is -2.13. The first-order valence-electron chi connectivity index (χ1n) is 6.01. The van der Waals surface area contributed by atoms with Crippen LogP contribution >= 0.6 is 0 Å². The maximum atomic E-state index is 9.26. The minimum Gasteiger partial charge on any atom is -0.294 e. The van der Waals surface area contributed by atoms with Gasteiger partial charge in [-0.3, -0.25) is 5.32 Å². The van der Waals surface area contributed by atoms with Gasteiger partial charge < -0.3 is 0 Å². The molecule has 0 aliphatic rings. The molecule has 0 aliphatic heterocycles. The molecule has 1 N–H and O–H groups in total. The van der Waals surface area contributed by atoms with E-state index in [9.17, 15) is 5.26 Å². The second-order valence-corrected chi connectivity index (χ2v) is 4.13. The van der Waals surface area contributed by atoms with Crippen LogP contribution in [-0.4, -0.2) is 0 Å². The van der Waals surface area contributed by atoms with Crippen LogP contribution in [0.2, 0.25) is 0 Å². The van der Waals surface area contributed by atoms with Crippen molar-refractivity contribution in [1.29, 1.82) is 10.5 Å². The zero-order chi connectivity index (χ0) is 13.5. The van der Waals surface area contributed by atoms with Crippen LogP contribution in [-0.2, 0) is 6.54 Å². The molecule has 2 aromatic carbocycles. The van der Waals surface area contributed by atoms with Crippen LogP contribution in [0.4, 0.5) is 0 Å². The van der Waals surface area contributed by atoms with Crippen molar-refractivity contribution in [2.75, 3.05) is 0 Å². The minimum absolute atomic E-state index is 0.476. The lowest BCUT2D eigenvalue weighted by molar-refractivity contribution is 0.629. The van der Waals surface area contributed by atoms with Crippen molar-refractivity contribution >= 4 is 0 Å². The van der Waals surface area contributed by atoms with E-state index in [-0.39, 0.29) is 0 Å². The van der Waals surface area contributed by atoms with E-state index < -0.39 is 6.04 Å². The summed E-state index contributed by atoms with van der Waals surface area (Å²) in [7, 11) is 0. The highest BCUT2D eigenvalue weighted by molar-refractivity contribution is 5.41. The first-order chi connectivity index (χ1) is 9.35. The van der Waals surface area contributed by atoms with Crippen molar-refractivity contribution in [3.8, 4) is 12.1 Å². The molecule has 1 atom stereocenters. The molecule has 0 spiro atoms. The van der Waals surface area contributed by atoms with Crippen LogP contribution in [0, 0.1) is 22.7 Å². The average molecular weight is 247 g/mol. The van der Waals surface area contributed by atoms with Crippen LogP contribution in [0.25, 0.3) is 0 Å². The number of nitrogens with zero attached hydrogens (tertiary/aromatic N) is 2. The topological polar surface area (TPSA) is 59.6 Å². The number of nitriles is 2. The number of benzene rings is 2. The molecule has 0 fully saturated rings. The summed E-state index contributed by atoms with van der Waals surface area (Å²) in [6.07, 6.45) is 0. The van der Waals surface area contributed by atoms with Crippen LogP contribution in [0.3, 0.4) is 0 Å². The number of hydrogen-bond donors (Lipinski definition) is 1. The van der Waals surface area contributed by atoms with Gasteiger partial charge in [0.2, 0.25) is 0 Å². The highest BCUT2D eigenvalue weighted by atomic mass is 14.9. The lowest BCUT2D eigenvalue weighted by Crippen LogP contribution is -2.20. The fraction of sp³-hybridized carbons (Fsp3) is 0.125. The largest absolute Gasteiger partial charge is 0.294 e. The zero-order valence-electron chi connectivity index (χ0n) is 10.4. The SMILES string of the molecule is N#Cc1ccccc1C(C#N)NCc1ccccc1. The summed E-state index contributed by atoms with van der Waals surface area (Å²) in [5, 5.41) is 21.5. The van der Waals surface area contributed by atoms with Crippen LogP contribution in [0.5, 0.6) is 0 Å². The van der Waals surface area contributed by atoms with Gasteiger partial charge in [-0.15, -0.1) is 0 Å². The monoisotopic (exact) mass is 247 g/mol. The molecule has 1 unspecified atom stereocenters. The molecule has 92 valence electrons. The Morgan fingerprint density at radius 3 is 2.32 bits per heavy atom. The quantitative estimate of drug-likeness (QED) is 0.903.